The van der Waals surface area contributed by atoms with E-state index in [1.807, 2.05) is 0 Å². The van der Waals surface area contributed by atoms with Crippen molar-refractivity contribution in [2.45, 2.75) is 57.0 Å². The summed E-state index contributed by atoms with van der Waals surface area (Å²) < 4.78 is 67.7. The van der Waals surface area contributed by atoms with Crippen molar-refractivity contribution in [2.24, 2.45) is 0 Å². The van der Waals surface area contributed by atoms with Crippen LogP contribution in [0.25, 0.3) is 22.8 Å². The van der Waals surface area contributed by atoms with Crippen LogP contribution in [0.2, 0.25) is 0 Å². The fourth-order valence-corrected chi connectivity index (χ4v) is 4.50. The third-order valence-electron chi connectivity index (χ3n) is 6.76. The average Bonchev–Trinajstić information content (AvgIpc) is 3.89. The van der Waals surface area contributed by atoms with Crippen LogP contribution in [0, 0.1) is 5.82 Å². The Hall–Kier alpha value is -4.13. The fourth-order valence-electron chi connectivity index (χ4n) is 4.50. The Balaban J connectivity index is 1.27. The van der Waals surface area contributed by atoms with E-state index in [0.717, 1.165) is 24.7 Å². The first kappa shape index (κ1) is 26.1. The molecule has 0 amide bonds. The summed E-state index contributed by atoms with van der Waals surface area (Å²) >= 11 is 0. The second-order valence-corrected chi connectivity index (χ2v) is 9.79. The van der Waals surface area contributed by atoms with E-state index in [0.29, 0.717) is 35.5 Å². The number of alkyl halides is 3. The van der Waals surface area contributed by atoms with E-state index in [-0.39, 0.29) is 48.3 Å². The Morgan fingerprint density at radius 2 is 1.85 bits per heavy atom. The first-order valence-electron chi connectivity index (χ1n) is 12.7. The van der Waals surface area contributed by atoms with E-state index < -0.39 is 17.7 Å². The number of aromatic nitrogens is 6. The topological polar surface area (TPSA) is 108 Å². The van der Waals surface area contributed by atoms with Gasteiger partial charge < -0.3 is 19.1 Å². The first-order chi connectivity index (χ1) is 19.2. The maximum atomic E-state index is 15.2. The van der Waals surface area contributed by atoms with Crippen LogP contribution < -0.4 is 9.47 Å². The molecule has 1 N–H and O–H groups in total. The van der Waals surface area contributed by atoms with Crippen LogP contribution in [-0.4, -0.2) is 41.7 Å². The number of nitrogens with zero attached hydrogens (tertiary/aromatic N) is 6. The van der Waals surface area contributed by atoms with Crippen LogP contribution in [0.4, 0.5) is 17.6 Å². The van der Waals surface area contributed by atoms with E-state index in [2.05, 4.69) is 24.9 Å². The zero-order valence-corrected chi connectivity index (χ0v) is 21.3. The molecule has 40 heavy (non-hydrogen) atoms. The summed E-state index contributed by atoms with van der Waals surface area (Å²) in [6, 6.07) is 5.50. The molecule has 6 rings (SSSR count). The van der Waals surface area contributed by atoms with Gasteiger partial charge in [0.1, 0.15) is 30.1 Å². The summed E-state index contributed by atoms with van der Waals surface area (Å²) in [5, 5.41) is 9.79. The lowest BCUT2D eigenvalue weighted by Gasteiger charge is -2.13. The molecule has 0 spiro atoms. The molecular formula is C27H24F4N6O3. The van der Waals surface area contributed by atoms with Gasteiger partial charge in [-0.1, -0.05) is 6.07 Å². The second kappa shape index (κ2) is 10.1. The monoisotopic (exact) mass is 556 g/mol. The Labute approximate surface area is 225 Å². The molecule has 2 aliphatic rings. The molecule has 2 saturated carbocycles. The van der Waals surface area contributed by atoms with Gasteiger partial charge in [0, 0.05) is 24.2 Å². The third kappa shape index (κ3) is 5.20. The lowest BCUT2D eigenvalue weighted by molar-refractivity contribution is -0.140. The van der Waals surface area contributed by atoms with Crippen molar-refractivity contribution in [3.05, 3.63) is 65.3 Å². The molecular weight excluding hydrogens is 532 g/mol. The molecule has 4 aromatic rings. The van der Waals surface area contributed by atoms with E-state index in [1.54, 1.807) is 6.07 Å². The summed E-state index contributed by atoms with van der Waals surface area (Å²) in [6.45, 7) is -0.473. The van der Waals surface area contributed by atoms with Gasteiger partial charge in [0.25, 0.3) is 0 Å². The number of methoxy groups -OCH3 is 1. The molecule has 0 aliphatic heterocycles. The van der Waals surface area contributed by atoms with Crippen LogP contribution in [0.1, 0.15) is 60.3 Å². The highest BCUT2D eigenvalue weighted by Gasteiger charge is 2.38. The van der Waals surface area contributed by atoms with Crippen LogP contribution in [0.15, 0.2) is 36.8 Å². The SMILES string of the molecule is COc1ncnc(C2CC2)c1-c1nc(CO)cc(OCc2ccc(-c3nc(C(F)(F)F)cn3C3CC3)c(F)c2)n1. The summed E-state index contributed by atoms with van der Waals surface area (Å²) in [6.07, 6.45) is 1.10. The molecule has 208 valence electrons. The lowest BCUT2D eigenvalue weighted by atomic mass is 10.1. The first-order valence-corrected chi connectivity index (χ1v) is 12.7. The van der Waals surface area contributed by atoms with Crippen molar-refractivity contribution in [3.8, 4) is 34.5 Å². The van der Waals surface area contributed by atoms with Crippen molar-refractivity contribution >= 4 is 0 Å². The van der Waals surface area contributed by atoms with Crippen LogP contribution >= 0.6 is 0 Å². The van der Waals surface area contributed by atoms with Crippen molar-refractivity contribution in [3.63, 3.8) is 0 Å². The summed E-state index contributed by atoms with van der Waals surface area (Å²) in [4.78, 5) is 21.2. The van der Waals surface area contributed by atoms with Gasteiger partial charge in [-0.05, 0) is 43.4 Å². The molecule has 13 heteroatoms. The van der Waals surface area contributed by atoms with Crippen LogP contribution in [0.5, 0.6) is 11.8 Å². The van der Waals surface area contributed by atoms with Gasteiger partial charge in [-0.25, -0.2) is 24.3 Å². The number of hydrogen-bond donors (Lipinski definition) is 1. The van der Waals surface area contributed by atoms with Crippen molar-refractivity contribution in [1.29, 1.82) is 0 Å². The molecule has 1 aromatic carbocycles. The molecule has 0 unspecified atom stereocenters. The Morgan fingerprint density at radius 1 is 1.05 bits per heavy atom. The van der Waals surface area contributed by atoms with Gasteiger partial charge in [0.15, 0.2) is 11.5 Å². The fraction of sp³-hybridized carbons (Fsp3) is 0.370. The molecule has 0 bridgehead atoms. The minimum Gasteiger partial charge on any atom is -0.480 e. The summed E-state index contributed by atoms with van der Waals surface area (Å²) in [7, 11) is 1.48. The predicted octanol–water partition coefficient (Wildman–Crippen LogP) is 5.25. The Kier molecular flexibility index (Phi) is 6.61. The largest absolute Gasteiger partial charge is 0.480 e. The zero-order valence-electron chi connectivity index (χ0n) is 21.3. The van der Waals surface area contributed by atoms with Gasteiger partial charge in [0.05, 0.1) is 30.7 Å². The molecule has 0 atom stereocenters. The van der Waals surface area contributed by atoms with Gasteiger partial charge in [-0.15, -0.1) is 0 Å². The molecule has 3 aromatic heterocycles. The maximum absolute atomic E-state index is 15.2. The minimum absolute atomic E-state index is 0.0261. The molecule has 2 aliphatic carbocycles. The second-order valence-electron chi connectivity index (χ2n) is 9.79. The van der Waals surface area contributed by atoms with E-state index in [4.69, 9.17) is 9.47 Å². The van der Waals surface area contributed by atoms with Crippen molar-refractivity contribution in [2.75, 3.05) is 7.11 Å². The lowest BCUT2D eigenvalue weighted by Crippen LogP contribution is -2.06. The number of halogens is 4. The number of benzene rings is 1. The maximum Gasteiger partial charge on any atom is 0.434 e. The number of hydrogen-bond acceptors (Lipinski definition) is 8. The predicted molar refractivity (Wildman–Crippen MR) is 133 cm³/mol. The van der Waals surface area contributed by atoms with Gasteiger partial charge in [-0.2, -0.15) is 18.2 Å². The Bertz CT molecular complexity index is 1570. The number of rotatable bonds is 9. The summed E-state index contributed by atoms with van der Waals surface area (Å²) in [5.74, 6) is 0.121. The van der Waals surface area contributed by atoms with E-state index >= 15 is 4.39 Å². The molecule has 0 saturated heterocycles. The number of aliphatic hydroxyl groups is 1. The molecule has 9 nitrogen and oxygen atoms in total. The molecule has 0 radical (unpaired) electrons. The number of imidazole rings is 1. The van der Waals surface area contributed by atoms with Crippen LogP contribution in [0.3, 0.4) is 0 Å². The van der Waals surface area contributed by atoms with Gasteiger partial charge in [0.2, 0.25) is 11.8 Å². The van der Waals surface area contributed by atoms with Crippen molar-refractivity contribution < 1.29 is 32.1 Å². The van der Waals surface area contributed by atoms with Crippen LogP contribution in [-0.2, 0) is 19.4 Å². The van der Waals surface area contributed by atoms with E-state index in [1.165, 1.54) is 36.2 Å². The molecule has 3 heterocycles. The minimum atomic E-state index is -4.63. The zero-order chi connectivity index (χ0) is 28.0. The summed E-state index contributed by atoms with van der Waals surface area (Å²) in [5.41, 5.74) is 0.914. The highest BCUT2D eigenvalue weighted by molar-refractivity contribution is 5.66. The quantitative estimate of drug-likeness (QED) is 0.279. The standard InChI is InChI=1S/C27H24F4N6O3/c1-39-26-22(23(15-3-4-15)32-13-33-26)24-34-16(11-38)9-21(36-24)40-12-14-2-7-18(19(28)8-14)25-35-20(27(29,30)31)10-37(25)17-5-6-17/h2,7-10,13,15,17,38H,3-6,11-12H2,1H3. The number of ether oxygens (including phenoxy) is 2. The highest BCUT2D eigenvalue weighted by Crippen LogP contribution is 2.45. The van der Waals surface area contributed by atoms with Gasteiger partial charge >= 0.3 is 6.18 Å². The number of aliphatic hydroxyl groups excluding tert-OH is 1. The Morgan fingerprint density at radius 3 is 2.50 bits per heavy atom. The average molecular weight is 557 g/mol. The normalized spacial score (nSPS) is 15.3. The highest BCUT2D eigenvalue weighted by atomic mass is 19.4. The van der Waals surface area contributed by atoms with Crippen molar-refractivity contribution in [1.82, 2.24) is 29.5 Å². The van der Waals surface area contributed by atoms with E-state index in [9.17, 15) is 18.3 Å². The third-order valence-corrected chi connectivity index (χ3v) is 6.76. The smallest absolute Gasteiger partial charge is 0.434 e. The molecule has 2 fully saturated rings. The van der Waals surface area contributed by atoms with Gasteiger partial charge in [-0.3, -0.25) is 0 Å².